The second kappa shape index (κ2) is 5.97. The number of fused-ring (bicyclic) bond motifs is 1. The standard InChI is InChI=1S/C18H13F2N5O2/c1-10-16(12-5-3-4-6-15(12)25(26)27)18(23(2)22-10)24-9-21-14-8-11(19)7-13(20)17(14)24/h3-9H,1-2H3. The highest BCUT2D eigenvalue weighted by Crippen LogP contribution is 2.37. The van der Waals surface area contributed by atoms with E-state index in [1.165, 1.54) is 21.6 Å². The first-order valence-corrected chi connectivity index (χ1v) is 7.98. The molecule has 0 amide bonds. The van der Waals surface area contributed by atoms with Crippen LogP contribution in [0.5, 0.6) is 0 Å². The molecular formula is C18H13F2N5O2. The van der Waals surface area contributed by atoms with Crippen LogP contribution in [0.3, 0.4) is 0 Å². The molecule has 4 aromatic rings. The van der Waals surface area contributed by atoms with Gasteiger partial charge in [0.1, 0.15) is 23.5 Å². The quantitative estimate of drug-likeness (QED) is 0.405. The van der Waals surface area contributed by atoms with Gasteiger partial charge in [0, 0.05) is 25.2 Å². The van der Waals surface area contributed by atoms with Crippen molar-refractivity contribution in [3.05, 3.63) is 70.2 Å². The molecule has 0 N–H and O–H groups in total. The third-order valence-electron chi connectivity index (χ3n) is 4.35. The summed E-state index contributed by atoms with van der Waals surface area (Å²) in [6.45, 7) is 1.71. The van der Waals surface area contributed by atoms with Gasteiger partial charge >= 0.3 is 0 Å². The maximum absolute atomic E-state index is 14.5. The summed E-state index contributed by atoms with van der Waals surface area (Å²) in [5.41, 5.74) is 1.48. The van der Waals surface area contributed by atoms with E-state index in [9.17, 15) is 18.9 Å². The smallest absolute Gasteiger partial charge is 0.277 e. The van der Waals surface area contributed by atoms with E-state index in [1.807, 2.05) is 0 Å². The zero-order chi connectivity index (χ0) is 19.3. The largest absolute Gasteiger partial charge is 0.280 e. The van der Waals surface area contributed by atoms with Crippen LogP contribution < -0.4 is 0 Å². The second-order valence-electron chi connectivity index (χ2n) is 6.05. The topological polar surface area (TPSA) is 78.8 Å². The zero-order valence-corrected chi connectivity index (χ0v) is 14.3. The van der Waals surface area contributed by atoms with Crippen LogP contribution in [-0.4, -0.2) is 24.3 Å². The van der Waals surface area contributed by atoms with Crippen LogP contribution in [0.4, 0.5) is 14.5 Å². The third-order valence-corrected chi connectivity index (χ3v) is 4.35. The van der Waals surface area contributed by atoms with Crippen LogP contribution in [0, 0.1) is 28.7 Å². The van der Waals surface area contributed by atoms with Gasteiger partial charge in [0.05, 0.1) is 27.3 Å². The van der Waals surface area contributed by atoms with Crippen molar-refractivity contribution in [2.45, 2.75) is 6.92 Å². The van der Waals surface area contributed by atoms with Crippen molar-refractivity contribution in [2.24, 2.45) is 7.05 Å². The van der Waals surface area contributed by atoms with Gasteiger partial charge in [0.2, 0.25) is 0 Å². The minimum Gasteiger partial charge on any atom is -0.280 e. The Hall–Kier alpha value is -3.62. The Kier molecular flexibility index (Phi) is 3.72. The van der Waals surface area contributed by atoms with E-state index in [4.69, 9.17) is 0 Å². The lowest BCUT2D eigenvalue weighted by Crippen LogP contribution is -2.04. The fourth-order valence-electron chi connectivity index (χ4n) is 3.31. The Labute approximate surface area is 151 Å². The first-order valence-electron chi connectivity index (χ1n) is 7.98. The summed E-state index contributed by atoms with van der Waals surface area (Å²) in [5, 5.41) is 15.8. The average molecular weight is 369 g/mol. The molecule has 2 heterocycles. The van der Waals surface area contributed by atoms with Crippen LogP contribution in [0.2, 0.25) is 0 Å². The minimum absolute atomic E-state index is 0.0687. The van der Waals surface area contributed by atoms with Crippen LogP contribution in [0.1, 0.15) is 5.69 Å². The molecule has 136 valence electrons. The van der Waals surface area contributed by atoms with Gasteiger partial charge in [-0.3, -0.25) is 19.4 Å². The lowest BCUT2D eigenvalue weighted by atomic mass is 10.0. The molecule has 9 heteroatoms. The van der Waals surface area contributed by atoms with Crippen LogP contribution in [0.15, 0.2) is 42.7 Å². The molecule has 27 heavy (non-hydrogen) atoms. The third kappa shape index (κ3) is 2.55. The Morgan fingerprint density at radius 2 is 1.93 bits per heavy atom. The van der Waals surface area contributed by atoms with Gasteiger partial charge < -0.3 is 0 Å². The number of aromatic nitrogens is 4. The summed E-state index contributed by atoms with van der Waals surface area (Å²) < 4.78 is 30.9. The highest BCUT2D eigenvalue weighted by atomic mass is 19.1. The molecule has 0 radical (unpaired) electrons. The van der Waals surface area contributed by atoms with E-state index in [-0.39, 0.29) is 16.7 Å². The molecular weight excluding hydrogens is 356 g/mol. The van der Waals surface area contributed by atoms with Crippen molar-refractivity contribution >= 4 is 16.7 Å². The zero-order valence-electron chi connectivity index (χ0n) is 14.3. The molecule has 0 saturated carbocycles. The normalized spacial score (nSPS) is 11.3. The van der Waals surface area contributed by atoms with Gasteiger partial charge in [-0.15, -0.1) is 0 Å². The van der Waals surface area contributed by atoms with E-state index in [0.29, 0.717) is 22.6 Å². The number of hydrogen-bond donors (Lipinski definition) is 0. The first kappa shape index (κ1) is 16.8. The van der Waals surface area contributed by atoms with Gasteiger partial charge in [-0.2, -0.15) is 5.10 Å². The van der Waals surface area contributed by atoms with Crippen LogP contribution in [0.25, 0.3) is 28.0 Å². The number of hydrogen-bond acceptors (Lipinski definition) is 4. The lowest BCUT2D eigenvalue weighted by molar-refractivity contribution is -0.384. The van der Waals surface area contributed by atoms with E-state index in [1.54, 1.807) is 32.2 Å². The van der Waals surface area contributed by atoms with Crippen molar-refractivity contribution in [2.75, 3.05) is 0 Å². The van der Waals surface area contributed by atoms with Crippen molar-refractivity contribution in [1.82, 2.24) is 19.3 Å². The fraction of sp³-hybridized carbons (Fsp3) is 0.111. The summed E-state index contributed by atoms with van der Waals surface area (Å²) in [6, 6.07) is 8.16. The number of nitrogens with zero attached hydrogens (tertiary/aromatic N) is 5. The molecule has 4 rings (SSSR count). The Morgan fingerprint density at radius 1 is 1.19 bits per heavy atom. The molecule has 0 saturated heterocycles. The SMILES string of the molecule is Cc1nn(C)c(-n2cnc3cc(F)cc(F)c32)c1-c1ccccc1[N+](=O)[O-]. The highest BCUT2D eigenvalue weighted by Gasteiger charge is 2.25. The van der Waals surface area contributed by atoms with Gasteiger partial charge in [0.25, 0.3) is 5.69 Å². The number of aryl methyl sites for hydroxylation is 2. The van der Waals surface area contributed by atoms with Crippen molar-refractivity contribution in [1.29, 1.82) is 0 Å². The van der Waals surface area contributed by atoms with Crippen molar-refractivity contribution in [3.63, 3.8) is 0 Å². The number of para-hydroxylation sites is 1. The Balaban J connectivity index is 2.07. The Morgan fingerprint density at radius 3 is 2.67 bits per heavy atom. The molecule has 0 atom stereocenters. The van der Waals surface area contributed by atoms with E-state index in [2.05, 4.69) is 10.1 Å². The first-order chi connectivity index (χ1) is 12.9. The molecule has 0 fully saturated rings. The number of nitro groups is 1. The summed E-state index contributed by atoms with van der Waals surface area (Å²) in [6.07, 6.45) is 1.35. The second-order valence-corrected chi connectivity index (χ2v) is 6.05. The number of nitro benzene ring substituents is 1. The summed E-state index contributed by atoms with van der Waals surface area (Å²) >= 11 is 0. The molecule has 0 aliphatic heterocycles. The molecule has 0 aliphatic rings. The van der Waals surface area contributed by atoms with Crippen molar-refractivity contribution in [3.8, 4) is 16.9 Å². The van der Waals surface area contributed by atoms with Crippen molar-refractivity contribution < 1.29 is 13.7 Å². The predicted molar refractivity (Wildman–Crippen MR) is 94.6 cm³/mol. The average Bonchev–Trinajstić information content (AvgIpc) is 3.14. The number of benzene rings is 2. The minimum atomic E-state index is -0.783. The lowest BCUT2D eigenvalue weighted by Gasteiger charge is -2.10. The van der Waals surface area contributed by atoms with Gasteiger partial charge in [-0.25, -0.2) is 13.8 Å². The summed E-state index contributed by atoms with van der Waals surface area (Å²) in [7, 11) is 1.65. The molecule has 7 nitrogen and oxygen atoms in total. The predicted octanol–water partition coefficient (Wildman–Crippen LogP) is 3.92. The fourth-order valence-corrected chi connectivity index (χ4v) is 3.31. The highest BCUT2D eigenvalue weighted by molar-refractivity contribution is 5.84. The summed E-state index contributed by atoms with van der Waals surface area (Å²) in [4.78, 5) is 15.1. The van der Waals surface area contributed by atoms with Gasteiger partial charge in [-0.05, 0) is 13.0 Å². The number of halogens is 2. The van der Waals surface area contributed by atoms with Crippen LogP contribution >= 0.6 is 0 Å². The number of rotatable bonds is 3. The molecule has 0 spiro atoms. The maximum Gasteiger partial charge on any atom is 0.277 e. The number of imidazole rings is 1. The molecule has 2 aromatic carbocycles. The summed E-state index contributed by atoms with van der Waals surface area (Å²) in [5.74, 6) is -1.12. The molecule has 0 bridgehead atoms. The van der Waals surface area contributed by atoms with E-state index >= 15 is 0 Å². The van der Waals surface area contributed by atoms with Gasteiger partial charge in [0.15, 0.2) is 5.82 Å². The molecule has 2 aromatic heterocycles. The monoisotopic (exact) mass is 369 g/mol. The maximum atomic E-state index is 14.5. The Bertz CT molecular complexity index is 1210. The van der Waals surface area contributed by atoms with Gasteiger partial charge in [-0.1, -0.05) is 12.1 Å². The molecule has 0 aliphatic carbocycles. The van der Waals surface area contributed by atoms with Crippen LogP contribution in [-0.2, 0) is 7.05 Å². The molecule has 0 unspecified atom stereocenters. The van der Waals surface area contributed by atoms with E-state index < -0.39 is 16.6 Å². The van der Waals surface area contributed by atoms with E-state index in [0.717, 1.165) is 12.1 Å².